The van der Waals surface area contributed by atoms with Crippen LogP contribution in [0.3, 0.4) is 0 Å². The van der Waals surface area contributed by atoms with Gasteiger partial charge >= 0.3 is 53.7 Å². The highest BCUT2D eigenvalue weighted by atomic mass is 17.0. The molecule has 2 saturated heterocycles. The SMILES string of the molecule is CCC(C)(C)C(=O)OC(C)(C)C.CCC(C)(C)C(=O)OC1(C(C)C)CCCC1.CCC(C)(C)C(=O)OC1(C)CC(=O)OC1C.CCC(C)(C)C(=O)OC12CC3CC(C1)CC(OC(OC)C(C)C)(C3)C2.CCC(C)(C)C(=O)OC1=C(C)C(C)OC1=O.CCC(C)(C)C(=O)OC1CCC2C(O[N+](=O)[O-])CCC12.CCC(C)(C)C(=O)OCC1CO1. The third-order valence-electron chi connectivity index (χ3n) is 26.6. The fourth-order valence-electron chi connectivity index (χ4n) is 14.9. The number of hydrogen-bond donors (Lipinski definition) is 0. The van der Waals surface area contributed by atoms with Gasteiger partial charge < -0.3 is 61.7 Å². The minimum atomic E-state index is -0.819. The molecule has 7 aliphatic carbocycles. The first-order valence-electron chi connectivity index (χ1n) is 43.9. The van der Waals surface area contributed by atoms with E-state index in [1.165, 1.54) is 19.3 Å². The van der Waals surface area contributed by atoms with E-state index in [-0.39, 0.29) is 141 Å². The number of cyclic esters (lactones) is 2. The smallest absolute Gasteiger partial charge is 0.375 e. The summed E-state index contributed by atoms with van der Waals surface area (Å²) in [6.07, 6.45) is 18.3. The van der Waals surface area contributed by atoms with Gasteiger partial charge in [0.15, 0.2) is 11.9 Å². The van der Waals surface area contributed by atoms with Crippen LogP contribution in [-0.2, 0) is 105 Å². The highest BCUT2D eigenvalue weighted by Crippen LogP contribution is 2.61. The van der Waals surface area contributed by atoms with Crippen LogP contribution in [0.2, 0.25) is 0 Å². The van der Waals surface area contributed by atoms with Crippen molar-refractivity contribution in [2.24, 2.45) is 73.4 Å². The Kier molecular flexibility index (Phi) is 38.4. The van der Waals surface area contributed by atoms with Gasteiger partial charge in [-0.15, -0.1) is 10.1 Å². The Balaban J connectivity index is 0.000000358. The molecule has 10 rings (SSSR count). The zero-order valence-electron chi connectivity index (χ0n) is 78.6. The number of epoxide rings is 1. The van der Waals surface area contributed by atoms with E-state index in [9.17, 15) is 53.3 Å². The molecular formula is C92H159NO24. The predicted molar refractivity (Wildman–Crippen MR) is 446 cm³/mol. The second kappa shape index (κ2) is 42.7. The van der Waals surface area contributed by atoms with Crippen molar-refractivity contribution in [1.29, 1.82) is 0 Å². The van der Waals surface area contributed by atoms with Crippen molar-refractivity contribution in [3.8, 4) is 0 Å². The lowest BCUT2D eigenvalue weighted by Gasteiger charge is -2.61. The lowest BCUT2D eigenvalue weighted by atomic mass is 9.52. The molecule has 0 aromatic carbocycles. The molecule has 0 amide bonds. The van der Waals surface area contributed by atoms with Crippen molar-refractivity contribution in [2.75, 3.05) is 20.3 Å². The molecule has 25 heteroatoms. The molecule has 0 spiro atoms. The van der Waals surface area contributed by atoms with Crippen LogP contribution in [0.5, 0.6) is 0 Å². The zero-order valence-corrected chi connectivity index (χ0v) is 78.6. The molecule has 25 nitrogen and oxygen atoms in total. The average molecular weight is 1660 g/mol. The minimum Gasteiger partial charge on any atom is -0.462 e. The van der Waals surface area contributed by atoms with Crippen LogP contribution in [0.4, 0.5) is 0 Å². The average Bonchev–Trinajstić information content (AvgIpc) is 1.61. The molecule has 9 fully saturated rings. The first-order valence-corrected chi connectivity index (χ1v) is 43.9. The minimum absolute atomic E-state index is 0.0226. The van der Waals surface area contributed by atoms with E-state index in [4.69, 9.17) is 61.7 Å². The summed E-state index contributed by atoms with van der Waals surface area (Å²) in [5, 5.41) is 9.77. The van der Waals surface area contributed by atoms with Gasteiger partial charge in [0.25, 0.3) is 5.09 Å². The van der Waals surface area contributed by atoms with Gasteiger partial charge in [-0.1, -0.05) is 76.2 Å². The number of ether oxygens (including phenoxy) is 12. The van der Waals surface area contributed by atoms with Crippen molar-refractivity contribution < 1.29 is 110 Å². The number of carbonyl (C=O) groups excluding carboxylic acids is 9. The number of carbonyl (C=O) groups is 9. The van der Waals surface area contributed by atoms with Crippen LogP contribution >= 0.6 is 0 Å². The summed E-state index contributed by atoms with van der Waals surface area (Å²) < 4.78 is 65.7. The van der Waals surface area contributed by atoms with Crippen molar-refractivity contribution in [3.05, 3.63) is 21.4 Å². The molecule has 117 heavy (non-hydrogen) atoms. The van der Waals surface area contributed by atoms with Crippen LogP contribution in [0.1, 0.15) is 363 Å². The van der Waals surface area contributed by atoms with Gasteiger partial charge in [0.1, 0.15) is 53.9 Å². The van der Waals surface area contributed by atoms with Crippen molar-refractivity contribution in [1.82, 2.24) is 0 Å². The standard InChI is InChI=1S/C21H36O4.C14H23NO5.C14H26O2.C12H20O4.C12H18O4.C10H20O2.C9H16O3/c1-7-19(4,5)18(22)25-21-11-15-8-16(12-21)10-20(9-15,13-21)24-17(23-6)14(2)3;1-4-14(2,3)13(16)19-11-7-5-10-9(11)6-8-12(10)20-15(17)18;1-6-13(4,5)12(15)16-14(11(2)3)9-7-8-10-14;1-6-11(3,4)10(14)16-12(5)7-9(13)15-8(12)2;1-6-12(4,5)11(14)16-9-7(2)8(3)15-10(9)13;1-7-10(5,6)8(11)12-9(2,3)4;1-4-9(2,3)8(10)12-6-7-5-11-7/h14-17H,7-13H2,1-6H3;9-12H,4-8H2,1-3H3;11H,6-10H2,1-5H3;8H,6-7H2,1-5H3;8H,6H2,1-5H3;7H2,1-6H3;7H,4-6H2,1-3H3. The summed E-state index contributed by atoms with van der Waals surface area (Å²) in [5.41, 5.74) is -4.22. The van der Waals surface area contributed by atoms with Crippen LogP contribution in [0.25, 0.3) is 0 Å². The predicted octanol–water partition coefficient (Wildman–Crippen LogP) is 19.7. The van der Waals surface area contributed by atoms with Crippen LogP contribution in [0.15, 0.2) is 11.3 Å². The number of rotatable bonds is 28. The molecule has 11 atom stereocenters. The van der Waals surface area contributed by atoms with Gasteiger partial charge in [0, 0.05) is 30.9 Å². The molecule has 7 saturated carbocycles. The van der Waals surface area contributed by atoms with Crippen molar-refractivity contribution in [3.63, 3.8) is 0 Å². The molecule has 676 valence electrons. The Morgan fingerprint density at radius 1 is 0.556 bits per heavy atom. The second-order valence-corrected chi connectivity index (χ2v) is 41.0. The number of hydrogen-bond acceptors (Lipinski definition) is 24. The quantitative estimate of drug-likeness (QED) is 0.0175. The van der Waals surface area contributed by atoms with E-state index in [2.05, 4.69) is 34.6 Å². The maximum Gasteiger partial charge on any atom is 0.375 e. The zero-order chi connectivity index (χ0) is 90.0. The Bertz CT molecular complexity index is 3320. The van der Waals surface area contributed by atoms with Gasteiger partial charge in [-0.25, -0.2) is 4.79 Å². The highest BCUT2D eigenvalue weighted by molar-refractivity contribution is 5.93. The molecule has 0 N–H and O–H groups in total. The maximum atomic E-state index is 12.8. The number of nitrogens with zero attached hydrogens (tertiary/aromatic N) is 1. The fourth-order valence-corrected chi connectivity index (χ4v) is 14.9. The number of esters is 9. The highest BCUT2D eigenvalue weighted by Gasteiger charge is 2.62. The van der Waals surface area contributed by atoms with Gasteiger partial charge in [-0.3, -0.25) is 38.4 Å². The molecule has 3 heterocycles. The van der Waals surface area contributed by atoms with E-state index in [1.807, 2.05) is 145 Å². The fraction of sp³-hybridized carbons (Fsp3) is 0.880. The van der Waals surface area contributed by atoms with Crippen molar-refractivity contribution >= 4 is 53.7 Å². The summed E-state index contributed by atoms with van der Waals surface area (Å²) >= 11 is 0. The van der Waals surface area contributed by atoms with Crippen molar-refractivity contribution in [2.45, 2.75) is 428 Å². The Morgan fingerprint density at radius 2 is 0.974 bits per heavy atom. The summed E-state index contributed by atoms with van der Waals surface area (Å²) in [7, 11) is 1.73. The molecule has 4 bridgehead atoms. The Labute approximate surface area is 703 Å². The summed E-state index contributed by atoms with van der Waals surface area (Å²) in [5.74, 6) is 0.403. The molecule has 11 unspecified atom stereocenters. The monoisotopic (exact) mass is 1660 g/mol. The summed E-state index contributed by atoms with van der Waals surface area (Å²) in [6, 6.07) is 0. The van der Waals surface area contributed by atoms with E-state index in [0.717, 1.165) is 103 Å². The first-order chi connectivity index (χ1) is 53.6. The normalized spacial score (nSPS) is 27.1. The largest absolute Gasteiger partial charge is 0.462 e. The molecule has 0 radical (unpaired) electrons. The Hall–Kier alpha value is -5.95. The lowest BCUT2D eigenvalue weighted by molar-refractivity contribution is -0.770. The molecular weight excluding hydrogens is 1500 g/mol. The molecule has 3 aliphatic heterocycles. The van der Waals surface area contributed by atoms with Gasteiger partial charge in [-0.2, -0.15) is 0 Å². The van der Waals surface area contributed by atoms with Crippen LogP contribution < -0.4 is 0 Å². The van der Waals surface area contributed by atoms with E-state index in [1.54, 1.807) is 48.7 Å². The van der Waals surface area contributed by atoms with E-state index < -0.39 is 44.3 Å². The first kappa shape index (κ1) is 105. The summed E-state index contributed by atoms with van der Waals surface area (Å²) in [6.45, 7) is 62.8. The number of methoxy groups -OCH3 is 1. The van der Waals surface area contributed by atoms with Gasteiger partial charge in [0.2, 0.25) is 5.76 Å². The van der Waals surface area contributed by atoms with E-state index >= 15 is 0 Å². The Morgan fingerprint density at radius 3 is 1.38 bits per heavy atom. The number of fused-ring (bicyclic) bond motifs is 1. The third kappa shape index (κ3) is 30.3. The maximum absolute atomic E-state index is 12.8. The molecule has 0 aromatic heterocycles. The van der Waals surface area contributed by atoms with Crippen LogP contribution in [-0.4, -0.2) is 144 Å². The third-order valence-corrected chi connectivity index (χ3v) is 26.6. The van der Waals surface area contributed by atoms with Gasteiger partial charge in [0.05, 0.1) is 56.5 Å². The second-order valence-electron chi connectivity index (χ2n) is 41.0. The van der Waals surface area contributed by atoms with E-state index in [0.29, 0.717) is 55.1 Å². The summed E-state index contributed by atoms with van der Waals surface area (Å²) in [4.78, 5) is 121. The lowest BCUT2D eigenvalue weighted by Crippen LogP contribution is -2.62. The molecule has 0 aromatic rings. The topological polar surface area (TPSA) is 320 Å². The van der Waals surface area contributed by atoms with Gasteiger partial charge in [-0.05, 0) is 297 Å². The molecule has 10 aliphatic rings. The van der Waals surface area contributed by atoms with Crippen LogP contribution in [0, 0.1) is 83.5 Å².